The van der Waals surface area contributed by atoms with E-state index in [0.29, 0.717) is 5.69 Å². The number of hydrogen-bond acceptors (Lipinski definition) is 4. The van der Waals surface area contributed by atoms with Crippen LogP contribution in [0.4, 0.5) is 5.69 Å². The molecule has 3 aromatic rings. The molecule has 0 unspecified atom stereocenters. The highest BCUT2D eigenvalue weighted by Gasteiger charge is 2.28. The van der Waals surface area contributed by atoms with Crippen molar-refractivity contribution in [3.8, 4) is 0 Å². The Morgan fingerprint density at radius 3 is 2.27 bits per heavy atom. The van der Waals surface area contributed by atoms with E-state index in [1.54, 1.807) is 30.5 Å². The van der Waals surface area contributed by atoms with E-state index in [2.05, 4.69) is 10.5 Å². The summed E-state index contributed by atoms with van der Waals surface area (Å²) in [6.07, 6.45) is 1.58. The summed E-state index contributed by atoms with van der Waals surface area (Å²) in [5.74, 6) is -0.535. The first-order valence-corrected chi connectivity index (χ1v) is 12.1. The van der Waals surface area contributed by atoms with E-state index < -0.39 is 22.5 Å². The predicted molar refractivity (Wildman–Crippen MR) is 133 cm³/mol. The van der Waals surface area contributed by atoms with Gasteiger partial charge in [0.25, 0.3) is 15.9 Å². The molecule has 0 aliphatic rings. The monoisotopic (exact) mass is 463 g/mol. The quantitative estimate of drug-likeness (QED) is 0.412. The maximum atomic E-state index is 13.4. The number of carbonyl (C=O) groups excluding carboxylic acids is 1. The number of hydrogen-bond donors (Lipinski definition) is 1. The van der Waals surface area contributed by atoms with Crippen molar-refractivity contribution in [3.05, 3.63) is 94.0 Å². The van der Waals surface area contributed by atoms with E-state index in [-0.39, 0.29) is 4.90 Å². The number of rotatable bonds is 7. The molecule has 0 saturated carbocycles. The van der Waals surface area contributed by atoms with Gasteiger partial charge in [0, 0.05) is 0 Å². The van der Waals surface area contributed by atoms with Gasteiger partial charge in [-0.05, 0) is 80.6 Å². The second kappa shape index (κ2) is 10.0. The Kier molecular flexibility index (Phi) is 7.33. The van der Waals surface area contributed by atoms with Crippen LogP contribution < -0.4 is 9.73 Å². The summed E-state index contributed by atoms with van der Waals surface area (Å²) >= 11 is 0. The van der Waals surface area contributed by atoms with Gasteiger partial charge in [-0.3, -0.25) is 9.10 Å². The number of nitrogens with one attached hydrogen (secondary N) is 1. The van der Waals surface area contributed by atoms with Crippen LogP contribution in [0.5, 0.6) is 0 Å². The molecular formula is C26H29N3O3S. The zero-order chi connectivity index (χ0) is 24.2. The van der Waals surface area contributed by atoms with Gasteiger partial charge in [0.05, 0.1) is 16.8 Å². The lowest BCUT2D eigenvalue weighted by Gasteiger charge is -2.25. The Balaban J connectivity index is 1.87. The first kappa shape index (κ1) is 24.2. The third-order valence-electron chi connectivity index (χ3n) is 5.73. The fourth-order valence-electron chi connectivity index (χ4n) is 3.56. The highest BCUT2D eigenvalue weighted by atomic mass is 32.2. The van der Waals surface area contributed by atoms with Gasteiger partial charge in [-0.25, -0.2) is 13.8 Å². The van der Waals surface area contributed by atoms with E-state index in [9.17, 15) is 13.2 Å². The topological polar surface area (TPSA) is 78.8 Å². The first-order valence-electron chi connectivity index (χ1n) is 10.6. The Labute approximate surface area is 196 Å². The Hall–Kier alpha value is -3.45. The average molecular weight is 464 g/mol. The summed E-state index contributed by atoms with van der Waals surface area (Å²) in [4.78, 5) is 12.9. The summed E-state index contributed by atoms with van der Waals surface area (Å²) in [5, 5.41) is 4.07. The van der Waals surface area contributed by atoms with Crippen molar-refractivity contribution < 1.29 is 13.2 Å². The fraction of sp³-hybridized carbons (Fsp3) is 0.231. The molecule has 0 aliphatic heterocycles. The zero-order valence-electron chi connectivity index (χ0n) is 19.6. The van der Waals surface area contributed by atoms with Gasteiger partial charge in [-0.15, -0.1) is 0 Å². The van der Waals surface area contributed by atoms with Gasteiger partial charge in [0.1, 0.15) is 6.54 Å². The van der Waals surface area contributed by atoms with Crippen LogP contribution in [0.1, 0.15) is 33.4 Å². The van der Waals surface area contributed by atoms with Crippen LogP contribution >= 0.6 is 0 Å². The van der Waals surface area contributed by atoms with Gasteiger partial charge in [0.15, 0.2) is 0 Å². The number of hydrazone groups is 1. The summed E-state index contributed by atoms with van der Waals surface area (Å²) in [7, 11) is -3.96. The van der Waals surface area contributed by atoms with Crippen LogP contribution in [0.2, 0.25) is 0 Å². The van der Waals surface area contributed by atoms with Gasteiger partial charge < -0.3 is 0 Å². The number of amides is 1. The lowest BCUT2D eigenvalue weighted by molar-refractivity contribution is -0.119. The number of sulfonamides is 1. The Bertz CT molecular complexity index is 1300. The van der Waals surface area contributed by atoms with Crippen molar-refractivity contribution >= 4 is 27.8 Å². The van der Waals surface area contributed by atoms with Crippen molar-refractivity contribution in [2.45, 2.75) is 39.5 Å². The van der Waals surface area contributed by atoms with Crippen LogP contribution in [0.15, 0.2) is 70.7 Å². The molecule has 172 valence electrons. The number of carbonyl (C=O) groups is 1. The van der Waals surface area contributed by atoms with Crippen molar-refractivity contribution in [3.63, 3.8) is 0 Å². The smallest absolute Gasteiger partial charge is 0.264 e. The van der Waals surface area contributed by atoms with E-state index >= 15 is 0 Å². The minimum Gasteiger partial charge on any atom is -0.271 e. The maximum Gasteiger partial charge on any atom is 0.264 e. The van der Waals surface area contributed by atoms with E-state index in [1.165, 1.54) is 23.3 Å². The van der Waals surface area contributed by atoms with Crippen molar-refractivity contribution in [1.82, 2.24) is 5.43 Å². The predicted octanol–water partition coefficient (Wildman–Crippen LogP) is 4.57. The molecule has 6 nitrogen and oxygen atoms in total. The third kappa shape index (κ3) is 5.49. The zero-order valence-corrected chi connectivity index (χ0v) is 20.4. The Morgan fingerprint density at radius 2 is 1.61 bits per heavy atom. The number of anilines is 1. The van der Waals surface area contributed by atoms with Crippen molar-refractivity contribution in [2.75, 3.05) is 10.8 Å². The third-order valence-corrected chi connectivity index (χ3v) is 7.51. The second-order valence-corrected chi connectivity index (χ2v) is 9.99. The van der Waals surface area contributed by atoms with Crippen LogP contribution in [0.25, 0.3) is 0 Å². The molecule has 0 saturated heterocycles. The van der Waals surface area contributed by atoms with Crippen molar-refractivity contribution in [2.24, 2.45) is 5.10 Å². The fourth-order valence-corrected chi connectivity index (χ4v) is 5.07. The molecule has 0 fully saturated rings. The van der Waals surface area contributed by atoms with Gasteiger partial charge in [-0.2, -0.15) is 5.10 Å². The number of benzene rings is 3. The molecule has 0 bridgehead atoms. The maximum absolute atomic E-state index is 13.4. The normalized spacial score (nSPS) is 11.5. The average Bonchev–Trinajstić information content (AvgIpc) is 2.78. The van der Waals surface area contributed by atoms with Crippen LogP contribution in [0, 0.1) is 34.6 Å². The summed E-state index contributed by atoms with van der Waals surface area (Å²) < 4.78 is 28.0. The molecule has 0 atom stereocenters. The molecule has 7 heteroatoms. The van der Waals surface area contributed by atoms with E-state index in [0.717, 1.165) is 26.6 Å². The SMILES string of the molecule is Cc1ccc(N(CC(=O)N/N=C\c2ccc(C)c(C)c2C)S(=O)(=O)c2ccccc2)c(C)c1. The molecule has 33 heavy (non-hydrogen) atoms. The molecular weight excluding hydrogens is 434 g/mol. The molecule has 0 heterocycles. The van der Waals surface area contributed by atoms with E-state index in [4.69, 9.17) is 0 Å². The van der Waals surface area contributed by atoms with Crippen LogP contribution in [0.3, 0.4) is 0 Å². The van der Waals surface area contributed by atoms with Gasteiger partial charge in [0.2, 0.25) is 0 Å². The summed E-state index contributed by atoms with van der Waals surface area (Å²) in [6.45, 7) is 9.44. The molecule has 0 aliphatic carbocycles. The van der Waals surface area contributed by atoms with Crippen LogP contribution in [-0.4, -0.2) is 27.1 Å². The largest absolute Gasteiger partial charge is 0.271 e. The lowest BCUT2D eigenvalue weighted by atomic mass is 10.00. The molecule has 0 aromatic heterocycles. The first-order chi connectivity index (χ1) is 15.6. The Morgan fingerprint density at radius 1 is 0.909 bits per heavy atom. The minimum absolute atomic E-state index is 0.118. The molecule has 0 radical (unpaired) electrons. The number of aryl methyl sites for hydroxylation is 3. The standard InChI is InChI=1S/C26H29N3O3S/c1-18-11-14-25(20(3)15-18)29(33(31,32)24-9-7-6-8-10-24)17-26(30)28-27-16-23-13-12-19(2)21(4)22(23)5/h6-16H,17H2,1-5H3,(H,28,30)/b27-16-. The van der Waals surface area contributed by atoms with Crippen molar-refractivity contribution in [1.29, 1.82) is 0 Å². The molecule has 1 amide bonds. The van der Waals surface area contributed by atoms with E-state index in [1.807, 2.05) is 58.9 Å². The van der Waals surface area contributed by atoms with Gasteiger partial charge in [-0.1, -0.05) is 48.0 Å². The van der Waals surface area contributed by atoms with Crippen LogP contribution in [-0.2, 0) is 14.8 Å². The molecule has 0 spiro atoms. The molecule has 1 N–H and O–H groups in total. The highest BCUT2D eigenvalue weighted by Crippen LogP contribution is 2.27. The summed E-state index contributed by atoms with van der Waals surface area (Å²) in [6, 6.07) is 17.5. The molecule has 3 aromatic carbocycles. The number of nitrogens with zero attached hydrogens (tertiary/aromatic N) is 2. The minimum atomic E-state index is -3.96. The van der Waals surface area contributed by atoms with Gasteiger partial charge >= 0.3 is 0 Å². The second-order valence-electron chi connectivity index (χ2n) is 8.13. The molecule has 3 rings (SSSR count). The highest BCUT2D eigenvalue weighted by molar-refractivity contribution is 7.92. The summed E-state index contributed by atoms with van der Waals surface area (Å²) in [5.41, 5.74) is 9.01. The lowest BCUT2D eigenvalue weighted by Crippen LogP contribution is -2.40.